The fourth-order valence-corrected chi connectivity index (χ4v) is 5.00. The van der Waals surface area contributed by atoms with Gasteiger partial charge in [-0.25, -0.2) is 0 Å². The highest BCUT2D eigenvalue weighted by Gasteiger charge is 2.50. The number of aryl methyl sites for hydroxylation is 2. The lowest BCUT2D eigenvalue weighted by molar-refractivity contribution is -0.142. The van der Waals surface area contributed by atoms with Gasteiger partial charge in [-0.15, -0.1) is 0 Å². The van der Waals surface area contributed by atoms with Crippen molar-refractivity contribution in [3.05, 3.63) is 52.9 Å². The van der Waals surface area contributed by atoms with Crippen molar-refractivity contribution in [3.8, 4) is 0 Å². The Bertz CT molecular complexity index is 857. The largest absolute Gasteiger partial charge is 0.361 e. The number of nitrogens with zero attached hydrogens (tertiary/aromatic N) is 2. The quantitative estimate of drug-likeness (QED) is 0.861. The number of hydrogen-bond acceptors (Lipinski definition) is 4. The Hall–Kier alpha value is -2.63. The predicted octanol–water partition coefficient (Wildman–Crippen LogP) is 3.38. The fraction of sp³-hybridized carbons (Fsp3) is 0.500. The molecule has 1 saturated heterocycles. The van der Waals surface area contributed by atoms with Gasteiger partial charge in [0.1, 0.15) is 11.3 Å². The average molecular weight is 381 g/mol. The van der Waals surface area contributed by atoms with Crippen LogP contribution in [0.5, 0.6) is 0 Å². The van der Waals surface area contributed by atoms with Crippen LogP contribution in [0.1, 0.15) is 59.5 Å². The molecule has 1 aliphatic carbocycles. The maximum Gasteiger partial charge on any atom is 0.256 e. The minimum Gasteiger partial charge on any atom is -0.361 e. The molecule has 0 bridgehead atoms. The first-order valence-corrected chi connectivity index (χ1v) is 10.0. The van der Waals surface area contributed by atoms with E-state index < -0.39 is 0 Å². The van der Waals surface area contributed by atoms with Gasteiger partial charge in [-0.3, -0.25) is 9.59 Å². The van der Waals surface area contributed by atoms with E-state index >= 15 is 0 Å². The number of rotatable bonds is 5. The summed E-state index contributed by atoms with van der Waals surface area (Å²) in [7, 11) is 0. The van der Waals surface area contributed by atoms with Gasteiger partial charge in [-0.05, 0) is 38.7 Å². The zero-order chi connectivity index (χ0) is 19.7. The summed E-state index contributed by atoms with van der Waals surface area (Å²) in [6.07, 6.45) is 4.51. The van der Waals surface area contributed by atoms with Gasteiger partial charge in [0, 0.05) is 31.0 Å². The Labute approximate surface area is 165 Å². The van der Waals surface area contributed by atoms with Crippen molar-refractivity contribution in [2.75, 3.05) is 6.54 Å². The summed E-state index contributed by atoms with van der Waals surface area (Å²) >= 11 is 0. The van der Waals surface area contributed by atoms with Crippen LogP contribution in [0.3, 0.4) is 0 Å². The lowest BCUT2D eigenvalue weighted by atomic mass is 9.74. The van der Waals surface area contributed by atoms with Gasteiger partial charge in [-0.1, -0.05) is 41.9 Å². The Kier molecular flexibility index (Phi) is 4.96. The molecule has 4 rings (SSSR count). The second-order valence-corrected chi connectivity index (χ2v) is 8.16. The normalized spacial score (nSPS) is 24.3. The maximum atomic E-state index is 12.7. The lowest BCUT2D eigenvalue weighted by Gasteiger charge is -2.46. The number of benzene rings is 1. The fourth-order valence-electron chi connectivity index (χ4n) is 5.00. The third-order valence-electron chi connectivity index (χ3n) is 6.45. The zero-order valence-corrected chi connectivity index (χ0v) is 16.5. The zero-order valence-electron chi connectivity index (χ0n) is 16.5. The van der Waals surface area contributed by atoms with E-state index in [1.165, 1.54) is 0 Å². The topological polar surface area (TPSA) is 75.4 Å². The van der Waals surface area contributed by atoms with Gasteiger partial charge in [0.05, 0.1) is 5.69 Å². The highest BCUT2D eigenvalue weighted by atomic mass is 16.5. The molecular weight excluding hydrogens is 354 g/mol. The highest BCUT2D eigenvalue weighted by molar-refractivity contribution is 5.96. The Morgan fingerprint density at radius 2 is 2.07 bits per heavy atom. The van der Waals surface area contributed by atoms with Crippen molar-refractivity contribution in [1.29, 1.82) is 0 Å². The number of fused-ring (bicyclic) bond motifs is 1. The van der Waals surface area contributed by atoms with E-state index in [9.17, 15) is 9.59 Å². The first-order valence-electron chi connectivity index (χ1n) is 10.0. The summed E-state index contributed by atoms with van der Waals surface area (Å²) in [6, 6.07) is 10.3. The van der Waals surface area contributed by atoms with Gasteiger partial charge in [0.2, 0.25) is 5.91 Å². The van der Waals surface area contributed by atoms with Crippen LogP contribution in [0, 0.1) is 19.3 Å². The van der Waals surface area contributed by atoms with Crippen LogP contribution in [0.15, 0.2) is 34.9 Å². The second-order valence-electron chi connectivity index (χ2n) is 8.16. The van der Waals surface area contributed by atoms with Crippen LogP contribution in [0.4, 0.5) is 0 Å². The molecule has 6 heteroatoms. The summed E-state index contributed by atoms with van der Waals surface area (Å²) in [5.74, 6) is 0.631. The number of hydrogen-bond donors (Lipinski definition) is 1. The molecule has 148 valence electrons. The summed E-state index contributed by atoms with van der Waals surface area (Å²) in [4.78, 5) is 27.5. The van der Waals surface area contributed by atoms with Gasteiger partial charge in [0.15, 0.2) is 0 Å². The van der Waals surface area contributed by atoms with Crippen molar-refractivity contribution in [1.82, 2.24) is 15.4 Å². The summed E-state index contributed by atoms with van der Waals surface area (Å²) in [5.41, 5.74) is 2.24. The van der Waals surface area contributed by atoms with Crippen molar-refractivity contribution < 1.29 is 14.1 Å². The van der Waals surface area contributed by atoms with E-state index in [1.807, 2.05) is 23.1 Å². The van der Waals surface area contributed by atoms with Crippen LogP contribution in [0.25, 0.3) is 0 Å². The third-order valence-corrected chi connectivity index (χ3v) is 6.45. The number of aromatic nitrogens is 1. The molecule has 28 heavy (non-hydrogen) atoms. The minimum atomic E-state index is -0.136. The lowest BCUT2D eigenvalue weighted by Crippen LogP contribution is -2.55. The first-order chi connectivity index (χ1) is 13.5. The summed E-state index contributed by atoms with van der Waals surface area (Å²) in [5, 5.41) is 7.00. The van der Waals surface area contributed by atoms with Gasteiger partial charge < -0.3 is 14.7 Å². The SMILES string of the molecule is Cc1noc(C)c1C(=O)NC[C@@]12CCC[C@H]1N(Cc1ccccc1)C(=O)CC2. The van der Waals surface area contributed by atoms with Crippen molar-refractivity contribution in [2.24, 2.45) is 5.41 Å². The molecule has 2 amide bonds. The molecule has 1 N–H and O–H groups in total. The molecule has 0 unspecified atom stereocenters. The number of nitrogens with one attached hydrogen (secondary N) is 1. The minimum absolute atomic E-state index is 0.0443. The standard InChI is InChI=1S/C22H27N3O3/c1-15-20(16(2)28-24-15)21(27)23-14-22-11-6-9-18(22)25(19(26)10-12-22)13-17-7-4-3-5-8-17/h3-5,7-8,18H,6,9-14H2,1-2H3,(H,23,27)/t18-,22+/m1/s1. The molecule has 2 heterocycles. The van der Waals surface area contributed by atoms with Crippen molar-refractivity contribution >= 4 is 11.8 Å². The number of amides is 2. The predicted molar refractivity (Wildman–Crippen MR) is 105 cm³/mol. The molecule has 1 aromatic heterocycles. The van der Waals surface area contributed by atoms with E-state index in [0.29, 0.717) is 36.5 Å². The second kappa shape index (κ2) is 7.41. The molecule has 0 spiro atoms. The molecule has 0 radical (unpaired) electrons. The maximum absolute atomic E-state index is 12.7. The van der Waals surface area contributed by atoms with Gasteiger partial charge >= 0.3 is 0 Å². The molecule has 2 atom stereocenters. The van der Waals surface area contributed by atoms with Crippen LogP contribution < -0.4 is 5.32 Å². The number of carbonyl (C=O) groups is 2. The number of carbonyl (C=O) groups excluding carboxylic acids is 2. The monoisotopic (exact) mass is 381 g/mol. The Morgan fingerprint density at radius 3 is 2.79 bits per heavy atom. The molecule has 1 saturated carbocycles. The van der Waals surface area contributed by atoms with E-state index in [0.717, 1.165) is 31.2 Å². The molecular formula is C22H27N3O3. The van der Waals surface area contributed by atoms with E-state index in [4.69, 9.17) is 4.52 Å². The van der Waals surface area contributed by atoms with E-state index in [2.05, 4.69) is 22.6 Å². The summed E-state index contributed by atoms with van der Waals surface area (Å²) in [6.45, 7) is 4.76. The first kappa shape index (κ1) is 18.7. The van der Waals surface area contributed by atoms with Crippen LogP contribution >= 0.6 is 0 Å². The number of likely N-dealkylation sites (tertiary alicyclic amines) is 1. The molecule has 1 aromatic carbocycles. The van der Waals surface area contributed by atoms with Gasteiger partial charge in [-0.2, -0.15) is 0 Å². The molecule has 2 fully saturated rings. The molecule has 6 nitrogen and oxygen atoms in total. The van der Waals surface area contributed by atoms with Crippen LogP contribution in [-0.2, 0) is 11.3 Å². The third kappa shape index (κ3) is 3.32. The van der Waals surface area contributed by atoms with Crippen molar-refractivity contribution in [2.45, 2.75) is 58.5 Å². The van der Waals surface area contributed by atoms with Crippen molar-refractivity contribution in [3.63, 3.8) is 0 Å². The average Bonchev–Trinajstić information content (AvgIpc) is 3.27. The van der Waals surface area contributed by atoms with E-state index in [1.54, 1.807) is 13.8 Å². The van der Waals surface area contributed by atoms with Crippen LogP contribution in [-0.4, -0.2) is 34.5 Å². The molecule has 2 aromatic rings. The van der Waals surface area contributed by atoms with Crippen LogP contribution in [0.2, 0.25) is 0 Å². The van der Waals surface area contributed by atoms with E-state index in [-0.39, 0.29) is 23.3 Å². The summed E-state index contributed by atoms with van der Waals surface area (Å²) < 4.78 is 5.13. The highest BCUT2D eigenvalue weighted by Crippen LogP contribution is 2.48. The smallest absolute Gasteiger partial charge is 0.256 e. The van der Waals surface area contributed by atoms with Gasteiger partial charge in [0.25, 0.3) is 5.91 Å². The Morgan fingerprint density at radius 1 is 1.29 bits per heavy atom. The molecule has 2 aliphatic rings. The molecule has 1 aliphatic heterocycles. The number of piperidine rings is 1. The Balaban J connectivity index is 1.51.